The third-order valence-electron chi connectivity index (χ3n) is 2.83. The van der Waals surface area contributed by atoms with Crippen molar-refractivity contribution >= 4 is 17.6 Å². The summed E-state index contributed by atoms with van der Waals surface area (Å²) in [5.74, 6) is 0.0869. The van der Waals surface area contributed by atoms with Crippen molar-refractivity contribution in [3.63, 3.8) is 0 Å². The van der Waals surface area contributed by atoms with Gasteiger partial charge in [-0.2, -0.15) is 0 Å². The van der Waals surface area contributed by atoms with Gasteiger partial charge in [-0.25, -0.2) is 0 Å². The first-order valence-electron chi connectivity index (χ1n) is 6.36. The molecule has 2 aromatic rings. The molecule has 0 radical (unpaired) electrons. The SMILES string of the molecule is CC(C)c1ccc(NC(=N)NC(=O)c2ccco2)cc1. The zero-order valence-corrected chi connectivity index (χ0v) is 11.4. The molecular weight excluding hydrogens is 254 g/mol. The van der Waals surface area contributed by atoms with E-state index in [0.717, 1.165) is 5.69 Å². The van der Waals surface area contributed by atoms with Gasteiger partial charge >= 0.3 is 0 Å². The molecule has 1 amide bonds. The Bertz CT molecular complexity index is 586. The summed E-state index contributed by atoms with van der Waals surface area (Å²) in [6, 6.07) is 10.9. The van der Waals surface area contributed by atoms with E-state index in [1.165, 1.54) is 11.8 Å². The fourth-order valence-corrected chi connectivity index (χ4v) is 1.71. The number of benzene rings is 1. The standard InChI is InChI=1S/C15H17N3O2/c1-10(2)11-5-7-12(8-6-11)17-15(16)18-14(19)13-4-3-9-20-13/h3-10H,1-2H3,(H3,16,17,18,19). The minimum absolute atomic E-state index is 0.0938. The van der Waals surface area contributed by atoms with Gasteiger partial charge in [0.25, 0.3) is 5.91 Å². The van der Waals surface area contributed by atoms with Crippen molar-refractivity contribution < 1.29 is 9.21 Å². The average Bonchev–Trinajstić information content (AvgIpc) is 2.93. The predicted molar refractivity (Wildman–Crippen MR) is 78.1 cm³/mol. The molecule has 0 saturated carbocycles. The third kappa shape index (κ3) is 3.47. The summed E-state index contributed by atoms with van der Waals surface area (Å²) in [6.45, 7) is 4.24. The predicted octanol–water partition coefficient (Wildman–Crippen LogP) is 3.18. The highest BCUT2D eigenvalue weighted by Gasteiger charge is 2.10. The van der Waals surface area contributed by atoms with Gasteiger partial charge in [0.15, 0.2) is 11.7 Å². The van der Waals surface area contributed by atoms with Crippen LogP contribution < -0.4 is 10.6 Å². The molecule has 20 heavy (non-hydrogen) atoms. The molecule has 5 nitrogen and oxygen atoms in total. The first kappa shape index (κ1) is 13.9. The van der Waals surface area contributed by atoms with E-state index in [2.05, 4.69) is 24.5 Å². The quantitative estimate of drug-likeness (QED) is 0.592. The number of carbonyl (C=O) groups excluding carboxylic acids is 1. The summed E-state index contributed by atoms with van der Waals surface area (Å²) in [7, 11) is 0. The fourth-order valence-electron chi connectivity index (χ4n) is 1.71. The van der Waals surface area contributed by atoms with Gasteiger partial charge in [-0.15, -0.1) is 0 Å². The van der Waals surface area contributed by atoms with Crippen molar-refractivity contribution in [3.8, 4) is 0 Å². The summed E-state index contributed by atoms with van der Waals surface area (Å²) in [6.07, 6.45) is 1.41. The molecule has 1 aromatic heterocycles. The molecule has 0 atom stereocenters. The van der Waals surface area contributed by atoms with Crippen LogP contribution in [-0.2, 0) is 0 Å². The number of hydrogen-bond donors (Lipinski definition) is 3. The molecule has 0 aliphatic carbocycles. The molecule has 0 saturated heterocycles. The van der Waals surface area contributed by atoms with Crippen LogP contribution in [0.2, 0.25) is 0 Å². The number of anilines is 1. The lowest BCUT2D eigenvalue weighted by molar-refractivity contribution is 0.0949. The van der Waals surface area contributed by atoms with Crippen molar-refractivity contribution in [2.24, 2.45) is 0 Å². The lowest BCUT2D eigenvalue weighted by atomic mass is 10.0. The summed E-state index contributed by atoms with van der Waals surface area (Å²) in [4.78, 5) is 11.7. The largest absolute Gasteiger partial charge is 0.459 e. The van der Waals surface area contributed by atoms with Crippen LogP contribution in [0, 0.1) is 5.41 Å². The number of hydrogen-bond acceptors (Lipinski definition) is 3. The van der Waals surface area contributed by atoms with E-state index in [9.17, 15) is 4.79 Å². The van der Waals surface area contributed by atoms with Gasteiger partial charge in [-0.1, -0.05) is 26.0 Å². The Kier molecular flexibility index (Phi) is 4.20. The van der Waals surface area contributed by atoms with Crippen LogP contribution in [0.25, 0.3) is 0 Å². The topological polar surface area (TPSA) is 78.1 Å². The van der Waals surface area contributed by atoms with Crippen LogP contribution in [0.15, 0.2) is 47.1 Å². The van der Waals surface area contributed by atoms with Crippen molar-refractivity contribution in [1.29, 1.82) is 5.41 Å². The van der Waals surface area contributed by atoms with Gasteiger partial charge in [0, 0.05) is 5.69 Å². The highest BCUT2D eigenvalue weighted by Crippen LogP contribution is 2.16. The van der Waals surface area contributed by atoms with E-state index < -0.39 is 5.91 Å². The Labute approximate surface area is 117 Å². The molecule has 0 fully saturated rings. The Morgan fingerprint density at radius 1 is 1.20 bits per heavy atom. The first-order chi connectivity index (χ1) is 9.56. The summed E-state index contributed by atoms with van der Waals surface area (Å²) in [5, 5.41) is 12.9. The number of rotatable bonds is 3. The monoisotopic (exact) mass is 271 g/mol. The van der Waals surface area contributed by atoms with E-state index in [1.54, 1.807) is 12.1 Å². The lowest BCUT2D eigenvalue weighted by Crippen LogP contribution is -2.34. The first-order valence-corrected chi connectivity index (χ1v) is 6.36. The molecule has 2 rings (SSSR count). The normalized spacial score (nSPS) is 10.3. The van der Waals surface area contributed by atoms with Crippen LogP contribution in [0.1, 0.15) is 35.9 Å². The van der Waals surface area contributed by atoms with Crippen LogP contribution in [0.5, 0.6) is 0 Å². The van der Waals surface area contributed by atoms with Gasteiger partial charge < -0.3 is 9.73 Å². The second-order valence-electron chi connectivity index (χ2n) is 4.71. The number of guanidine groups is 1. The molecule has 0 aliphatic rings. The number of furan rings is 1. The highest BCUT2D eigenvalue weighted by molar-refractivity contribution is 6.07. The number of carbonyl (C=O) groups is 1. The Morgan fingerprint density at radius 3 is 2.45 bits per heavy atom. The maximum absolute atomic E-state index is 11.7. The molecule has 0 unspecified atom stereocenters. The molecule has 0 spiro atoms. The average molecular weight is 271 g/mol. The molecule has 1 aromatic carbocycles. The smallest absolute Gasteiger partial charge is 0.293 e. The molecule has 0 bridgehead atoms. The van der Waals surface area contributed by atoms with E-state index in [-0.39, 0.29) is 11.7 Å². The Hall–Kier alpha value is -2.56. The van der Waals surface area contributed by atoms with Crippen molar-refractivity contribution in [3.05, 3.63) is 54.0 Å². The van der Waals surface area contributed by atoms with Crippen molar-refractivity contribution in [2.45, 2.75) is 19.8 Å². The maximum atomic E-state index is 11.7. The van der Waals surface area contributed by atoms with Crippen LogP contribution in [-0.4, -0.2) is 11.9 Å². The Morgan fingerprint density at radius 2 is 1.90 bits per heavy atom. The van der Waals surface area contributed by atoms with Gasteiger partial charge in [-0.05, 0) is 35.7 Å². The minimum Gasteiger partial charge on any atom is -0.459 e. The van der Waals surface area contributed by atoms with Gasteiger partial charge in [0.1, 0.15) is 0 Å². The zero-order chi connectivity index (χ0) is 14.5. The molecule has 1 heterocycles. The number of nitrogens with one attached hydrogen (secondary N) is 3. The van der Waals surface area contributed by atoms with Crippen molar-refractivity contribution in [1.82, 2.24) is 5.32 Å². The molecule has 0 aliphatic heterocycles. The second-order valence-corrected chi connectivity index (χ2v) is 4.71. The van der Waals surface area contributed by atoms with Crippen LogP contribution in [0.4, 0.5) is 5.69 Å². The summed E-state index contributed by atoms with van der Waals surface area (Å²) < 4.78 is 4.95. The minimum atomic E-state index is -0.452. The second kappa shape index (κ2) is 6.06. The van der Waals surface area contributed by atoms with Gasteiger partial charge in [0.05, 0.1) is 6.26 Å². The maximum Gasteiger partial charge on any atom is 0.293 e. The molecule has 104 valence electrons. The zero-order valence-electron chi connectivity index (χ0n) is 11.4. The van der Waals surface area contributed by atoms with E-state index in [0.29, 0.717) is 5.92 Å². The van der Waals surface area contributed by atoms with Crippen molar-refractivity contribution in [2.75, 3.05) is 5.32 Å². The van der Waals surface area contributed by atoms with Crippen LogP contribution in [0.3, 0.4) is 0 Å². The highest BCUT2D eigenvalue weighted by atomic mass is 16.3. The lowest BCUT2D eigenvalue weighted by Gasteiger charge is -2.10. The molecule has 5 heteroatoms. The van der Waals surface area contributed by atoms with E-state index >= 15 is 0 Å². The van der Waals surface area contributed by atoms with Gasteiger partial charge in [0.2, 0.25) is 0 Å². The Balaban J connectivity index is 1.93. The fraction of sp³-hybridized carbons (Fsp3) is 0.200. The molecular formula is C15H17N3O2. The number of amides is 1. The summed E-state index contributed by atoms with van der Waals surface area (Å²) in [5.41, 5.74) is 1.97. The summed E-state index contributed by atoms with van der Waals surface area (Å²) >= 11 is 0. The van der Waals surface area contributed by atoms with E-state index in [4.69, 9.17) is 9.83 Å². The van der Waals surface area contributed by atoms with Crippen LogP contribution >= 0.6 is 0 Å². The molecule has 3 N–H and O–H groups in total. The third-order valence-corrected chi connectivity index (χ3v) is 2.83. The van der Waals surface area contributed by atoms with E-state index in [1.807, 2.05) is 24.3 Å². The van der Waals surface area contributed by atoms with Gasteiger partial charge in [-0.3, -0.25) is 15.5 Å².